The van der Waals surface area contributed by atoms with Crippen LogP contribution >= 0.6 is 0 Å². The molecule has 154 valence electrons. The van der Waals surface area contributed by atoms with E-state index in [0.717, 1.165) is 5.56 Å². The quantitative estimate of drug-likeness (QED) is 0.683. The summed E-state index contributed by atoms with van der Waals surface area (Å²) in [5.74, 6) is -1.03. The zero-order chi connectivity index (χ0) is 21.4. The second-order valence-corrected chi connectivity index (χ2v) is 6.76. The number of aryl methyl sites for hydroxylation is 1. The smallest absolute Gasteiger partial charge is 0.347 e. The van der Waals surface area contributed by atoms with E-state index in [2.05, 4.69) is 5.32 Å². The highest BCUT2D eigenvalue weighted by Crippen LogP contribution is 2.15. The standard InChI is InChI=1S/C22H25NO6/c1-14(2)28-22(26)17-8-10-18(11-9-17)23-20(24)13-27-21(25)16(4)29-19-7-5-6-15(3)12-19/h5-12,14,16H,13H2,1-4H3,(H,23,24)/t16-/m1/s1. The summed E-state index contributed by atoms with van der Waals surface area (Å²) in [5, 5.41) is 2.59. The first-order valence-corrected chi connectivity index (χ1v) is 9.25. The van der Waals surface area contributed by atoms with Crippen LogP contribution in [0.25, 0.3) is 0 Å². The number of rotatable bonds is 8. The number of nitrogens with one attached hydrogen (secondary N) is 1. The summed E-state index contributed by atoms with van der Waals surface area (Å²) in [4.78, 5) is 35.8. The van der Waals surface area contributed by atoms with Crippen LogP contribution in [0, 0.1) is 6.92 Å². The van der Waals surface area contributed by atoms with Crippen LogP contribution in [-0.4, -0.2) is 36.7 Å². The maximum absolute atomic E-state index is 12.0. The van der Waals surface area contributed by atoms with Crippen LogP contribution in [0.3, 0.4) is 0 Å². The van der Waals surface area contributed by atoms with Crippen molar-refractivity contribution in [3.8, 4) is 5.75 Å². The van der Waals surface area contributed by atoms with Gasteiger partial charge in [-0.3, -0.25) is 4.79 Å². The van der Waals surface area contributed by atoms with E-state index in [1.54, 1.807) is 57.2 Å². The van der Waals surface area contributed by atoms with E-state index >= 15 is 0 Å². The molecular weight excluding hydrogens is 374 g/mol. The van der Waals surface area contributed by atoms with Gasteiger partial charge >= 0.3 is 11.9 Å². The molecule has 0 aromatic heterocycles. The van der Waals surface area contributed by atoms with Crippen molar-refractivity contribution in [1.82, 2.24) is 0 Å². The number of benzene rings is 2. The predicted octanol–water partition coefficient (Wildman–Crippen LogP) is 3.51. The number of carbonyl (C=O) groups is 3. The topological polar surface area (TPSA) is 90.9 Å². The van der Waals surface area contributed by atoms with E-state index < -0.39 is 30.6 Å². The van der Waals surface area contributed by atoms with Gasteiger partial charge < -0.3 is 19.5 Å². The highest BCUT2D eigenvalue weighted by atomic mass is 16.6. The van der Waals surface area contributed by atoms with Crippen LogP contribution in [0.2, 0.25) is 0 Å². The third-order valence-corrected chi connectivity index (χ3v) is 3.73. The molecule has 2 aromatic rings. The van der Waals surface area contributed by atoms with Crippen LogP contribution in [0.5, 0.6) is 5.75 Å². The van der Waals surface area contributed by atoms with Crippen LogP contribution in [0.4, 0.5) is 5.69 Å². The zero-order valence-corrected chi connectivity index (χ0v) is 16.9. The lowest BCUT2D eigenvalue weighted by Crippen LogP contribution is -2.29. The van der Waals surface area contributed by atoms with E-state index in [9.17, 15) is 14.4 Å². The molecule has 0 fully saturated rings. The molecule has 0 saturated carbocycles. The van der Waals surface area contributed by atoms with E-state index in [1.807, 2.05) is 19.1 Å². The fraction of sp³-hybridized carbons (Fsp3) is 0.318. The zero-order valence-electron chi connectivity index (χ0n) is 16.9. The van der Waals surface area contributed by atoms with Crippen LogP contribution in [0.15, 0.2) is 48.5 Å². The molecule has 7 heteroatoms. The Bertz CT molecular complexity index is 860. The third kappa shape index (κ3) is 7.29. The summed E-state index contributed by atoms with van der Waals surface area (Å²) in [7, 11) is 0. The lowest BCUT2D eigenvalue weighted by atomic mass is 10.2. The molecule has 0 unspecified atom stereocenters. The van der Waals surface area contributed by atoms with Crippen molar-refractivity contribution in [3.05, 3.63) is 59.7 Å². The molecule has 0 saturated heterocycles. The average molecular weight is 399 g/mol. The molecule has 7 nitrogen and oxygen atoms in total. The van der Waals surface area contributed by atoms with Gasteiger partial charge in [0.15, 0.2) is 12.7 Å². The molecule has 1 amide bonds. The van der Waals surface area contributed by atoms with E-state index in [4.69, 9.17) is 14.2 Å². The van der Waals surface area contributed by atoms with Crippen molar-refractivity contribution < 1.29 is 28.6 Å². The maximum atomic E-state index is 12.0. The predicted molar refractivity (Wildman–Crippen MR) is 108 cm³/mol. The minimum Gasteiger partial charge on any atom is -0.479 e. The number of amides is 1. The molecular formula is C22H25NO6. The van der Waals surface area contributed by atoms with E-state index in [1.165, 1.54) is 0 Å². The molecule has 0 aliphatic rings. The largest absolute Gasteiger partial charge is 0.479 e. The molecule has 2 aromatic carbocycles. The lowest BCUT2D eigenvalue weighted by Gasteiger charge is -2.14. The molecule has 1 N–H and O–H groups in total. The highest BCUT2D eigenvalue weighted by Gasteiger charge is 2.18. The van der Waals surface area contributed by atoms with Gasteiger partial charge in [0, 0.05) is 5.69 Å². The van der Waals surface area contributed by atoms with Gasteiger partial charge in [-0.25, -0.2) is 9.59 Å². The minimum absolute atomic E-state index is 0.214. The summed E-state index contributed by atoms with van der Waals surface area (Å²) in [5.41, 5.74) is 1.85. The Kier molecular flexibility index (Phi) is 7.77. The SMILES string of the molecule is Cc1cccc(O[C@H](C)C(=O)OCC(=O)Nc2ccc(C(=O)OC(C)C)cc2)c1. The van der Waals surface area contributed by atoms with Crippen molar-refractivity contribution in [2.75, 3.05) is 11.9 Å². The van der Waals surface area contributed by atoms with Crippen molar-refractivity contribution in [2.45, 2.75) is 39.9 Å². The molecule has 0 heterocycles. The van der Waals surface area contributed by atoms with Gasteiger partial charge in [0.05, 0.1) is 11.7 Å². The van der Waals surface area contributed by atoms with Crippen molar-refractivity contribution >= 4 is 23.5 Å². The van der Waals surface area contributed by atoms with Crippen molar-refractivity contribution in [3.63, 3.8) is 0 Å². The Labute approximate surface area is 170 Å². The summed E-state index contributed by atoms with van der Waals surface area (Å²) in [6.45, 7) is 6.55. The van der Waals surface area contributed by atoms with E-state index in [-0.39, 0.29) is 6.10 Å². The third-order valence-electron chi connectivity index (χ3n) is 3.73. The lowest BCUT2D eigenvalue weighted by molar-refractivity contribution is -0.153. The first kappa shape index (κ1) is 21.9. The molecule has 0 aliphatic carbocycles. The number of hydrogen-bond acceptors (Lipinski definition) is 6. The van der Waals surface area contributed by atoms with Gasteiger partial charge in [0.1, 0.15) is 5.75 Å². The van der Waals surface area contributed by atoms with Gasteiger partial charge in [-0.2, -0.15) is 0 Å². The van der Waals surface area contributed by atoms with E-state index in [0.29, 0.717) is 17.0 Å². The second kappa shape index (κ2) is 10.3. The van der Waals surface area contributed by atoms with Gasteiger partial charge in [0.25, 0.3) is 5.91 Å². The molecule has 0 bridgehead atoms. The maximum Gasteiger partial charge on any atom is 0.347 e. The Balaban J connectivity index is 1.80. The number of anilines is 1. The monoisotopic (exact) mass is 399 g/mol. The summed E-state index contributed by atoms with van der Waals surface area (Å²) in [6, 6.07) is 13.5. The fourth-order valence-corrected chi connectivity index (χ4v) is 2.36. The summed E-state index contributed by atoms with van der Waals surface area (Å²) < 4.78 is 15.6. The first-order valence-electron chi connectivity index (χ1n) is 9.25. The Morgan fingerprint density at radius 3 is 2.31 bits per heavy atom. The average Bonchev–Trinajstić information content (AvgIpc) is 2.66. The van der Waals surface area contributed by atoms with Gasteiger partial charge in [-0.15, -0.1) is 0 Å². The Morgan fingerprint density at radius 2 is 1.69 bits per heavy atom. The number of hydrogen-bond donors (Lipinski definition) is 1. The van der Waals surface area contributed by atoms with Gasteiger partial charge in [-0.05, 0) is 69.7 Å². The molecule has 0 spiro atoms. The fourth-order valence-electron chi connectivity index (χ4n) is 2.36. The Hall–Kier alpha value is -3.35. The van der Waals surface area contributed by atoms with Crippen LogP contribution in [0.1, 0.15) is 36.7 Å². The molecule has 0 radical (unpaired) electrons. The first-order chi connectivity index (χ1) is 13.7. The second-order valence-electron chi connectivity index (χ2n) is 6.76. The normalized spacial score (nSPS) is 11.5. The summed E-state index contributed by atoms with van der Waals surface area (Å²) in [6.07, 6.45) is -1.07. The number of esters is 2. The molecule has 2 rings (SSSR count). The summed E-state index contributed by atoms with van der Waals surface area (Å²) >= 11 is 0. The van der Waals surface area contributed by atoms with Crippen LogP contribution in [-0.2, 0) is 19.1 Å². The van der Waals surface area contributed by atoms with Crippen molar-refractivity contribution in [2.24, 2.45) is 0 Å². The Morgan fingerprint density at radius 1 is 1.00 bits per heavy atom. The molecule has 1 atom stereocenters. The molecule has 0 aliphatic heterocycles. The highest BCUT2D eigenvalue weighted by molar-refractivity contribution is 5.94. The minimum atomic E-state index is -0.851. The van der Waals surface area contributed by atoms with Gasteiger partial charge in [-0.1, -0.05) is 12.1 Å². The van der Waals surface area contributed by atoms with Crippen molar-refractivity contribution in [1.29, 1.82) is 0 Å². The number of carbonyl (C=O) groups excluding carboxylic acids is 3. The number of ether oxygens (including phenoxy) is 3. The van der Waals surface area contributed by atoms with Crippen LogP contribution < -0.4 is 10.1 Å². The molecule has 29 heavy (non-hydrogen) atoms. The van der Waals surface area contributed by atoms with Gasteiger partial charge in [0.2, 0.25) is 0 Å².